The van der Waals surface area contributed by atoms with E-state index in [2.05, 4.69) is 21.8 Å². The Balaban J connectivity index is 1.42. The Bertz CT molecular complexity index is 1480. The second-order valence-electron chi connectivity index (χ2n) is 12.7. The summed E-state index contributed by atoms with van der Waals surface area (Å²) in [4.78, 5) is 15.6. The van der Waals surface area contributed by atoms with Gasteiger partial charge in [0, 0.05) is 29.1 Å². The van der Waals surface area contributed by atoms with E-state index in [1.165, 1.54) is 11.1 Å². The van der Waals surface area contributed by atoms with Crippen molar-refractivity contribution in [2.24, 2.45) is 17.8 Å². The van der Waals surface area contributed by atoms with Crippen LogP contribution >= 0.6 is 11.6 Å². The van der Waals surface area contributed by atoms with E-state index >= 15 is 0 Å². The number of hydrogen-bond donors (Lipinski definition) is 2. The van der Waals surface area contributed by atoms with Crippen LogP contribution in [0.1, 0.15) is 67.4 Å². The maximum Gasteiger partial charge on any atom is 0.264 e. The summed E-state index contributed by atoms with van der Waals surface area (Å²) in [5, 5.41) is 11.1. The van der Waals surface area contributed by atoms with Crippen molar-refractivity contribution >= 4 is 33.2 Å². The summed E-state index contributed by atoms with van der Waals surface area (Å²) in [6, 6.07) is 11.4. The van der Waals surface area contributed by atoms with E-state index in [9.17, 15) is 18.3 Å². The number of hydrogen-bond acceptors (Lipinski definition) is 6. The van der Waals surface area contributed by atoms with Gasteiger partial charge in [-0.1, -0.05) is 36.7 Å². The number of benzene rings is 2. The number of halogens is 1. The molecule has 2 heterocycles. The molecule has 0 aromatic heterocycles. The molecule has 2 aromatic rings. The fraction of sp³-hybridized carbons (Fsp3) is 0.531. The highest BCUT2D eigenvalue weighted by atomic mass is 35.5. The zero-order valence-electron chi connectivity index (χ0n) is 23.7. The van der Waals surface area contributed by atoms with Crippen LogP contribution in [-0.2, 0) is 21.9 Å². The zero-order chi connectivity index (χ0) is 28.9. The number of amides is 1. The van der Waals surface area contributed by atoms with Gasteiger partial charge in [-0.25, -0.2) is 13.1 Å². The lowest BCUT2D eigenvalue weighted by molar-refractivity contribution is 0.0454. The Hall–Kier alpha value is -2.55. The first kappa shape index (κ1) is 28.6. The minimum absolute atomic E-state index is 0.0638. The van der Waals surface area contributed by atoms with Crippen molar-refractivity contribution in [1.82, 2.24) is 4.72 Å². The Kier molecular flexibility index (Phi) is 7.62. The zero-order valence-corrected chi connectivity index (χ0v) is 25.3. The molecule has 220 valence electrons. The third-order valence-corrected chi connectivity index (χ3v) is 11.7. The van der Waals surface area contributed by atoms with Gasteiger partial charge in [-0.05, 0) is 105 Å². The molecule has 9 heteroatoms. The molecule has 6 rings (SSSR count). The van der Waals surface area contributed by atoms with Crippen molar-refractivity contribution in [2.45, 2.75) is 69.1 Å². The van der Waals surface area contributed by atoms with Crippen molar-refractivity contribution in [3.8, 4) is 5.75 Å². The molecule has 2 N–H and O–H groups in total. The van der Waals surface area contributed by atoms with Gasteiger partial charge in [0.05, 0.1) is 23.6 Å². The molecule has 2 aliphatic heterocycles. The molecular formula is C32H39ClN2O5S. The fourth-order valence-electron chi connectivity index (χ4n) is 7.27. The monoisotopic (exact) mass is 598 g/mol. The molecule has 0 saturated heterocycles. The summed E-state index contributed by atoms with van der Waals surface area (Å²) in [5.74, 6) is 0.391. The summed E-state index contributed by atoms with van der Waals surface area (Å²) >= 11 is 6.38. The van der Waals surface area contributed by atoms with E-state index in [1.54, 1.807) is 25.1 Å². The highest BCUT2D eigenvalue weighted by Crippen LogP contribution is 2.46. The first-order chi connectivity index (χ1) is 19.5. The predicted molar refractivity (Wildman–Crippen MR) is 161 cm³/mol. The van der Waals surface area contributed by atoms with Gasteiger partial charge >= 0.3 is 0 Å². The average Bonchev–Trinajstić information content (AvgIpc) is 3.06. The molecule has 2 aromatic carbocycles. The van der Waals surface area contributed by atoms with E-state index in [-0.39, 0.29) is 28.7 Å². The average molecular weight is 599 g/mol. The van der Waals surface area contributed by atoms with Crippen LogP contribution in [0.5, 0.6) is 5.75 Å². The van der Waals surface area contributed by atoms with Crippen LogP contribution in [0.15, 0.2) is 48.6 Å². The molecule has 41 heavy (non-hydrogen) atoms. The summed E-state index contributed by atoms with van der Waals surface area (Å²) in [6.45, 7) is 5.46. The van der Waals surface area contributed by atoms with Gasteiger partial charge in [0.25, 0.3) is 5.91 Å². The largest absolute Gasteiger partial charge is 0.490 e. The number of carbonyl (C=O) groups is 1. The minimum atomic E-state index is -3.89. The number of carbonyl (C=O) groups excluding carboxylic acids is 1. The number of fused-ring (bicyclic) bond motifs is 4. The summed E-state index contributed by atoms with van der Waals surface area (Å²) in [5.41, 5.74) is 3.33. The lowest BCUT2D eigenvalue weighted by Crippen LogP contribution is -2.49. The number of anilines is 1. The maximum atomic E-state index is 13.3. The normalized spacial score (nSPS) is 33.8. The molecule has 1 spiro atoms. The Morgan fingerprint density at radius 2 is 1.95 bits per heavy atom. The molecule has 1 amide bonds. The third-order valence-electron chi connectivity index (χ3n) is 9.77. The van der Waals surface area contributed by atoms with Crippen molar-refractivity contribution in [3.05, 3.63) is 70.3 Å². The van der Waals surface area contributed by atoms with Crippen molar-refractivity contribution in [1.29, 1.82) is 0 Å². The van der Waals surface area contributed by atoms with Crippen LogP contribution in [0.3, 0.4) is 0 Å². The van der Waals surface area contributed by atoms with E-state index in [0.717, 1.165) is 42.8 Å². The molecule has 4 aliphatic rings. The van der Waals surface area contributed by atoms with Crippen LogP contribution in [0.2, 0.25) is 5.02 Å². The third kappa shape index (κ3) is 5.51. The first-order valence-corrected chi connectivity index (χ1v) is 16.7. The second-order valence-corrected chi connectivity index (χ2v) is 15.2. The number of aliphatic hydroxyl groups excluding tert-OH is 1. The number of aryl methyl sites for hydroxylation is 1. The van der Waals surface area contributed by atoms with Crippen LogP contribution in [0, 0.1) is 17.8 Å². The minimum Gasteiger partial charge on any atom is -0.490 e. The lowest BCUT2D eigenvalue weighted by Gasteiger charge is -2.45. The molecule has 2 aliphatic carbocycles. The quantitative estimate of drug-likeness (QED) is 0.403. The lowest BCUT2D eigenvalue weighted by atomic mass is 9.68. The smallest absolute Gasteiger partial charge is 0.264 e. The Morgan fingerprint density at radius 1 is 1.12 bits per heavy atom. The topological polar surface area (TPSA) is 95.9 Å². The first-order valence-electron chi connectivity index (χ1n) is 14.8. The maximum absolute atomic E-state index is 13.3. The van der Waals surface area contributed by atoms with Gasteiger partial charge < -0.3 is 14.7 Å². The molecule has 2 bridgehead atoms. The van der Waals surface area contributed by atoms with Crippen molar-refractivity contribution in [3.63, 3.8) is 0 Å². The summed E-state index contributed by atoms with van der Waals surface area (Å²) in [7, 11) is -3.89. The molecule has 0 radical (unpaired) electrons. The van der Waals surface area contributed by atoms with Gasteiger partial charge in [-0.3, -0.25) is 4.79 Å². The number of nitrogens with one attached hydrogen (secondary N) is 1. The number of nitrogens with zero attached hydrogens (tertiary/aromatic N) is 1. The van der Waals surface area contributed by atoms with E-state index in [0.29, 0.717) is 31.9 Å². The number of aliphatic hydroxyl groups is 1. The molecule has 6 atom stereocenters. The SMILES string of the molecule is C[C@@H]1C[C@@H](C)/C=C\[C@H](O)[C@@H]2CC[C@H]2CN2C[C@@]3(CCCc4cc(Cl)ccc43)COc3ccc(cc32)C(=O)NS1(=O)=O. The number of sulfonamides is 1. The van der Waals surface area contributed by atoms with Crippen molar-refractivity contribution in [2.75, 3.05) is 24.6 Å². The molecule has 0 unspecified atom stereocenters. The number of rotatable bonds is 0. The fourth-order valence-corrected chi connectivity index (χ4v) is 8.60. The van der Waals surface area contributed by atoms with Crippen LogP contribution in [0.4, 0.5) is 5.69 Å². The van der Waals surface area contributed by atoms with E-state index < -0.39 is 27.3 Å². The van der Waals surface area contributed by atoms with Gasteiger partial charge in [-0.2, -0.15) is 0 Å². The van der Waals surface area contributed by atoms with E-state index in [1.807, 2.05) is 25.1 Å². The standard InChI is InChI=1S/C32H39ClN2O5S/c1-20-5-11-29(36)26-9-6-24(26)17-35-18-32(13-3-4-22-15-25(33)8-10-27(22)32)19-40-30-12-7-23(16-28(30)35)31(37)34-41(38,39)21(2)14-20/h5,7-8,10-12,15-16,20-21,24,26,29,36H,3-4,6,9,13-14,17-19H2,1-2H3,(H,34,37)/b11-5-/t20-,21+,24-,26+,29-,32-/m0/s1. The van der Waals surface area contributed by atoms with Crippen molar-refractivity contribution < 1.29 is 23.1 Å². The second kappa shape index (κ2) is 10.9. The molecular weight excluding hydrogens is 560 g/mol. The molecule has 1 fully saturated rings. The molecule has 7 nitrogen and oxygen atoms in total. The Labute approximate surface area is 248 Å². The van der Waals surface area contributed by atoms with Gasteiger partial charge in [0.2, 0.25) is 10.0 Å². The van der Waals surface area contributed by atoms with Crippen LogP contribution in [0.25, 0.3) is 0 Å². The van der Waals surface area contributed by atoms with E-state index in [4.69, 9.17) is 16.3 Å². The Morgan fingerprint density at radius 3 is 2.73 bits per heavy atom. The van der Waals surface area contributed by atoms with Gasteiger partial charge in [0.15, 0.2) is 0 Å². The predicted octanol–water partition coefficient (Wildman–Crippen LogP) is 5.24. The number of ether oxygens (including phenoxy) is 1. The molecule has 1 saturated carbocycles. The van der Waals surface area contributed by atoms with Gasteiger partial charge in [0.1, 0.15) is 5.75 Å². The number of allylic oxidation sites excluding steroid dienone is 1. The highest BCUT2D eigenvalue weighted by molar-refractivity contribution is 7.90. The van der Waals surface area contributed by atoms with Gasteiger partial charge in [-0.15, -0.1) is 0 Å². The van der Waals surface area contributed by atoms with Crippen LogP contribution < -0.4 is 14.4 Å². The highest BCUT2D eigenvalue weighted by Gasteiger charge is 2.44. The summed E-state index contributed by atoms with van der Waals surface area (Å²) < 4.78 is 34.9. The van der Waals surface area contributed by atoms with Crippen LogP contribution in [-0.4, -0.2) is 50.5 Å². The summed E-state index contributed by atoms with van der Waals surface area (Å²) in [6.07, 6.45) is 8.45.